The highest BCUT2D eigenvalue weighted by molar-refractivity contribution is 6.11. The van der Waals surface area contributed by atoms with Crippen molar-refractivity contribution < 1.29 is 23.9 Å². The molecule has 0 saturated carbocycles. The number of fused-ring (bicyclic) bond motifs is 1. The van der Waals surface area contributed by atoms with E-state index in [1.54, 1.807) is 48.5 Å². The molecule has 3 rings (SSSR count). The van der Waals surface area contributed by atoms with Gasteiger partial charge in [0, 0.05) is 0 Å². The summed E-state index contributed by atoms with van der Waals surface area (Å²) in [6.07, 6.45) is -1.04. The molecule has 2 aromatic rings. The standard InChI is InChI=1S/C22H24N2O5/c1-14(2)13-28-17-10-8-16(9-11-17)22(27)29-15(3)21(26)24-12-20(25)23-18-6-4-5-7-19(18)24/h4-11,14-15H,12-13H2,1-3H3,(H,23,25)/t15-/m0/s1. The molecule has 0 aromatic heterocycles. The van der Waals surface area contributed by atoms with E-state index in [0.717, 1.165) is 0 Å². The van der Waals surface area contributed by atoms with Crippen LogP contribution >= 0.6 is 0 Å². The summed E-state index contributed by atoms with van der Waals surface area (Å²) >= 11 is 0. The quantitative estimate of drug-likeness (QED) is 0.758. The zero-order valence-corrected chi connectivity index (χ0v) is 16.7. The third-order valence-electron chi connectivity index (χ3n) is 4.34. The molecule has 7 heteroatoms. The molecule has 1 aliphatic heterocycles. The maximum absolute atomic E-state index is 12.8. The molecule has 0 bridgehead atoms. The van der Waals surface area contributed by atoms with Crippen LogP contribution in [0.5, 0.6) is 5.75 Å². The highest BCUT2D eigenvalue weighted by Gasteiger charge is 2.31. The lowest BCUT2D eigenvalue weighted by Gasteiger charge is -2.30. The zero-order valence-electron chi connectivity index (χ0n) is 16.7. The Morgan fingerprint density at radius 1 is 1.07 bits per heavy atom. The van der Waals surface area contributed by atoms with Gasteiger partial charge in [0.2, 0.25) is 5.91 Å². The lowest BCUT2D eigenvalue weighted by molar-refractivity contribution is -0.128. The van der Waals surface area contributed by atoms with E-state index >= 15 is 0 Å². The van der Waals surface area contributed by atoms with Crippen molar-refractivity contribution in [3.8, 4) is 5.75 Å². The Labute approximate surface area is 169 Å². The minimum atomic E-state index is -1.04. The molecule has 0 radical (unpaired) electrons. The molecule has 1 heterocycles. The summed E-state index contributed by atoms with van der Waals surface area (Å²) in [4.78, 5) is 38.5. The van der Waals surface area contributed by atoms with Crippen molar-refractivity contribution in [2.75, 3.05) is 23.4 Å². The second kappa shape index (κ2) is 8.77. The molecule has 152 valence electrons. The number of carbonyl (C=O) groups is 3. The first-order valence-electron chi connectivity index (χ1n) is 9.49. The molecule has 29 heavy (non-hydrogen) atoms. The van der Waals surface area contributed by atoms with E-state index in [1.807, 2.05) is 0 Å². The van der Waals surface area contributed by atoms with Crippen LogP contribution < -0.4 is 15.0 Å². The summed E-state index contributed by atoms with van der Waals surface area (Å²) in [5.74, 6) is -0.315. The van der Waals surface area contributed by atoms with Crippen LogP contribution in [0.1, 0.15) is 31.1 Å². The molecule has 1 N–H and O–H groups in total. The molecule has 0 aliphatic carbocycles. The number of amides is 2. The first-order valence-corrected chi connectivity index (χ1v) is 9.49. The Kier molecular flexibility index (Phi) is 6.16. The van der Waals surface area contributed by atoms with Crippen molar-refractivity contribution in [2.24, 2.45) is 5.92 Å². The number of hydrogen-bond donors (Lipinski definition) is 1. The van der Waals surface area contributed by atoms with Gasteiger partial charge >= 0.3 is 5.97 Å². The first kappa shape index (κ1) is 20.4. The maximum Gasteiger partial charge on any atom is 0.338 e. The monoisotopic (exact) mass is 396 g/mol. The molecule has 7 nitrogen and oxygen atoms in total. The third kappa shape index (κ3) is 4.93. The van der Waals surface area contributed by atoms with Crippen LogP contribution in [-0.2, 0) is 14.3 Å². The van der Waals surface area contributed by atoms with Crippen LogP contribution in [0.3, 0.4) is 0 Å². The average Bonchev–Trinajstić information content (AvgIpc) is 2.71. The number of nitrogens with one attached hydrogen (secondary N) is 1. The summed E-state index contributed by atoms with van der Waals surface area (Å²) in [7, 11) is 0. The van der Waals surface area contributed by atoms with Gasteiger partial charge in [0.15, 0.2) is 6.10 Å². The Bertz CT molecular complexity index is 908. The largest absolute Gasteiger partial charge is 0.493 e. The SMILES string of the molecule is CC(C)COc1ccc(C(=O)O[C@@H](C)C(=O)N2CC(=O)Nc3ccccc32)cc1. The van der Waals surface area contributed by atoms with E-state index in [1.165, 1.54) is 11.8 Å². The Morgan fingerprint density at radius 3 is 2.45 bits per heavy atom. The fraction of sp³-hybridized carbons (Fsp3) is 0.318. The predicted octanol–water partition coefficient (Wildman–Crippen LogP) is 3.25. The summed E-state index contributed by atoms with van der Waals surface area (Å²) in [6.45, 7) is 6.05. The molecule has 2 amide bonds. The molecule has 1 atom stereocenters. The van der Waals surface area contributed by atoms with Gasteiger partial charge in [0.25, 0.3) is 5.91 Å². The predicted molar refractivity (Wildman–Crippen MR) is 109 cm³/mol. The molecule has 0 spiro atoms. The fourth-order valence-electron chi connectivity index (χ4n) is 2.88. The average molecular weight is 396 g/mol. The van der Waals surface area contributed by atoms with Crippen molar-refractivity contribution in [1.82, 2.24) is 0 Å². The van der Waals surface area contributed by atoms with Crippen LogP contribution in [-0.4, -0.2) is 37.0 Å². The molecular weight excluding hydrogens is 372 g/mol. The molecule has 0 fully saturated rings. The Balaban J connectivity index is 1.65. The molecular formula is C22H24N2O5. The number of anilines is 2. The number of para-hydroxylation sites is 2. The van der Waals surface area contributed by atoms with Gasteiger partial charge in [-0.3, -0.25) is 14.5 Å². The Hall–Kier alpha value is -3.35. The molecule has 0 saturated heterocycles. The van der Waals surface area contributed by atoms with Crippen molar-refractivity contribution >= 4 is 29.2 Å². The van der Waals surface area contributed by atoms with Crippen molar-refractivity contribution in [3.05, 3.63) is 54.1 Å². The van der Waals surface area contributed by atoms with Gasteiger partial charge in [0.05, 0.1) is 23.5 Å². The topological polar surface area (TPSA) is 84.9 Å². The van der Waals surface area contributed by atoms with Crippen molar-refractivity contribution in [3.63, 3.8) is 0 Å². The van der Waals surface area contributed by atoms with Gasteiger partial charge in [-0.2, -0.15) is 0 Å². The number of esters is 1. The van der Waals surface area contributed by atoms with E-state index in [0.29, 0.717) is 35.2 Å². The van der Waals surface area contributed by atoms with Crippen LogP contribution in [0.2, 0.25) is 0 Å². The smallest absolute Gasteiger partial charge is 0.338 e. The van der Waals surface area contributed by atoms with Gasteiger partial charge in [-0.1, -0.05) is 26.0 Å². The van der Waals surface area contributed by atoms with Gasteiger partial charge in [-0.15, -0.1) is 0 Å². The number of nitrogens with zero attached hydrogens (tertiary/aromatic N) is 1. The van der Waals surface area contributed by atoms with E-state index in [2.05, 4.69) is 19.2 Å². The molecule has 0 unspecified atom stereocenters. The van der Waals surface area contributed by atoms with Crippen molar-refractivity contribution in [1.29, 1.82) is 0 Å². The number of carbonyl (C=O) groups excluding carboxylic acids is 3. The van der Waals surface area contributed by atoms with Crippen LogP contribution in [0.25, 0.3) is 0 Å². The summed E-state index contributed by atoms with van der Waals surface area (Å²) in [6, 6.07) is 13.6. The normalized spacial score (nSPS) is 14.1. The summed E-state index contributed by atoms with van der Waals surface area (Å²) in [5, 5.41) is 2.72. The fourth-order valence-corrected chi connectivity index (χ4v) is 2.88. The Morgan fingerprint density at radius 2 is 1.76 bits per heavy atom. The number of rotatable bonds is 6. The lowest BCUT2D eigenvalue weighted by atomic mass is 10.1. The number of benzene rings is 2. The highest BCUT2D eigenvalue weighted by atomic mass is 16.5. The molecule has 2 aromatic carbocycles. The molecule has 1 aliphatic rings. The third-order valence-corrected chi connectivity index (χ3v) is 4.34. The summed E-state index contributed by atoms with van der Waals surface area (Å²) < 4.78 is 10.9. The van der Waals surface area contributed by atoms with Gasteiger partial charge in [0.1, 0.15) is 12.3 Å². The zero-order chi connectivity index (χ0) is 21.0. The van der Waals surface area contributed by atoms with Crippen molar-refractivity contribution in [2.45, 2.75) is 26.9 Å². The van der Waals surface area contributed by atoms with Gasteiger partial charge in [-0.05, 0) is 49.2 Å². The van der Waals surface area contributed by atoms with E-state index in [4.69, 9.17) is 9.47 Å². The maximum atomic E-state index is 12.8. The van der Waals surface area contributed by atoms with Crippen LogP contribution in [0.4, 0.5) is 11.4 Å². The minimum Gasteiger partial charge on any atom is -0.493 e. The minimum absolute atomic E-state index is 0.125. The second-order valence-electron chi connectivity index (χ2n) is 7.27. The lowest BCUT2D eigenvalue weighted by Crippen LogP contribution is -2.47. The van der Waals surface area contributed by atoms with E-state index in [9.17, 15) is 14.4 Å². The first-order chi connectivity index (χ1) is 13.8. The summed E-state index contributed by atoms with van der Waals surface area (Å²) in [5.41, 5.74) is 1.44. The van der Waals surface area contributed by atoms with Crippen LogP contribution in [0.15, 0.2) is 48.5 Å². The number of ether oxygens (including phenoxy) is 2. The second-order valence-corrected chi connectivity index (χ2v) is 7.27. The highest BCUT2D eigenvalue weighted by Crippen LogP contribution is 2.29. The van der Waals surface area contributed by atoms with Crippen LogP contribution in [0, 0.1) is 5.92 Å². The van der Waals surface area contributed by atoms with E-state index < -0.39 is 18.0 Å². The number of hydrogen-bond acceptors (Lipinski definition) is 5. The van der Waals surface area contributed by atoms with Gasteiger partial charge < -0.3 is 14.8 Å². The van der Waals surface area contributed by atoms with E-state index in [-0.39, 0.29) is 12.5 Å². The van der Waals surface area contributed by atoms with Gasteiger partial charge in [-0.25, -0.2) is 4.79 Å².